The van der Waals surface area contributed by atoms with E-state index in [-0.39, 0.29) is 5.97 Å². The third-order valence-electron chi connectivity index (χ3n) is 1.66. The van der Waals surface area contributed by atoms with Gasteiger partial charge in [-0.2, -0.15) is 0 Å². The van der Waals surface area contributed by atoms with Crippen LogP contribution < -0.4 is 5.32 Å². The van der Waals surface area contributed by atoms with Gasteiger partial charge < -0.3 is 10.1 Å². The number of hydrogen-bond donors (Lipinski definition) is 1. The molecule has 0 aromatic rings. The van der Waals surface area contributed by atoms with Crippen LogP contribution in [0.2, 0.25) is 0 Å². The van der Waals surface area contributed by atoms with Crippen LogP contribution in [0.25, 0.3) is 0 Å². The quantitative estimate of drug-likeness (QED) is 0.581. The minimum atomic E-state index is -0.276. The second kappa shape index (κ2) is 4.50. The molecule has 0 saturated carbocycles. The molecule has 0 bridgehead atoms. The van der Waals surface area contributed by atoms with Gasteiger partial charge in [-0.15, -0.1) is 0 Å². The minimum absolute atomic E-state index is 0.276. The Bertz CT molecular complexity index is 205. The van der Waals surface area contributed by atoms with E-state index in [4.69, 9.17) is 4.74 Å². The van der Waals surface area contributed by atoms with Gasteiger partial charge >= 0.3 is 5.97 Å². The Balaban J connectivity index is 2.60. The second-order valence-corrected chi connectivity index (χ2v) is 3.34. The zero-order valence-corrected chi connectivity index (χ0v) is 8.61. The molecule has 0 unspecified atom stereocenters. The summed E-state index contributed by atoms with van der Waals surface area (Å²) in [6.07, 6.45) is 2.02. The zero-order chi connectivity index (χ0) is 8.97. The molecule has 1 aliphatic heterocycles. The lowest BCUT2D eigenvalue weighted by Gasteiger charge is -2.03. The lowest BCUT2D eigenvalue weighted by molar-refractivity contribution is -0.137. The average Bonchev–Trinajstić information content (AvgIpc) is 2.55. The highest BCUT2D eigenvalue weighted by Gasteiger charge is 2.16. The summed E-state index contributed by atoms with van der Waals surface area (Å²) in [6, 6.07) is 0. The van der Waals surface area contributed by atoms with Crippen molar-refractivity contribution in [3.05, 3.63) is 10.2 Å². The maximum absolute atomic E-state index is 11.2. The van der Waals surface area contributed by atoms with Gasteiger partial charge in [0.05, 0.1) is 6.61 Å². The van der Waals surface area contributed by atoms with Crippen molar-refractivity contribution in [3.8, 4) is 0 Å². The van der Waals surface area contributed by atoms with Crippen molar-refractivity contribution in [1.82, 2.24) is 5.32 Å². The van der Waals surface area contributed by atoms with E-state index in [2.05, 4.69) is 21.2 Å². The standard InChI is InChI=1S/C8H12BrNO2/c1-2-12-8(11)7(9)6-4-3-5-10-6/h10H,2-5H2,1H3/b7-6-. The summed E-state index contributed by atoms with van der Waals surface area (Å²) in [6.45, 7) is 3.16. The van der Waals surface area contributed by atoms with Crippen LogP contribution >= 0.6 is 15.9 Å². The molecule has 1 heterocycles. The SMILES string of the molecule is CCOC(=O)/C(Br)=C1\CCCN1. The van der Waals surface area contributed by atoms with Crippen molar-refractivity contribution in [2.75, 3.05) is 13.2 Å². The normalized spacial score (nSPS) is 20.2. The van der Waals surface area contributed by atoms with Crippen molar-refractivity contribution >= 4 is 21.9 Å². The molecular formula is C8H12BrNO2. The molecule has 0 aromatic carbocycles. The number of ether oxygens (including phenoxy) is 1. The van der Waals surface area contributed by atoms with Crippen LogP contribution in [0.3, 0.4) is 0 Å². The van der Waals surface area contributed by atoms with E-state index >= 15 is 0 Å². The number of esters is 1. The first-order valence-electron chi connectivity index (χ1n) is 4.05. The summed E-state index contributed by atoms with van der Waals surface area (Å²) < 4.78 is 5.38. The molecule has 1 N–H and O–H groups in total. The Morgan fingerprint density at radius 1 is 1.75 bits per heavy atom. The number of hydrogen-bond acceptors (Lipinski definition) is 3. The van der Waals surface area contributed by atoms with E-state index in [1.807, 2.05) is 0 Å². The highest BCUT2D eigenvalue weighted by Crippen LogP contribution is 2.19. The summed E-state index contributed by atoms with van der Waals surface area (Å²) in [7, 11) is 0. The predicted molar refractivity (Wildman–Crippen MR) is 49.8 cm³/mol. The highest BCUT2D eigenvalue weighted by molar-refractivity contribution is 9.12. The predicted octanol–water partition coefficient (Wildman–Crippen LogP) is 1.54. The van der Waals surface area contributed by atoms with Gasteiger partial charge in [-0.25, -0.2) is 4.79 Å². The van der Waals surface area contributed by atoms with E-state index in [0.29, 0.717) is 11.1 Å². The van der Waals surface area contributed by atoms with Crippen LogP contribution in [0.1, 0.15) is 19.8 Å². The van der Waals surface area contributed by atoms with E-state index in [0.717, 1.165) is 25.1 Å². The number of nitrogens with one attached hydrogen (secondary N) is 1. The van der Waals surface area contributed by atoms with Gasteiger partial charge in [0, 0.05) is 12.2 Å². The molecule has 0 atom stereocenters. The molecule has 1 aliphatic rings. The van der Waals surface area contributed by atoms with E-state index in [1.165, 1.54) is 0 Å². The van der Waals surface area contributed by atoms with Crippen LogP contribution in [0.15, 0.2) is 10.2 Å². The highest BCUT2D eigenvalue weighted by atomic mass is 79.9. The van der Waals surface area contributed by atoms with Crippen LogP contribution in [-0.4, -0.2) is 19.1 Å². The average molecular weight is 234 g/mol. The van der Waals surface area contributed by atoms with Gasteiger partial charge in [0.15, 0.2) is 0 Å². The molecule has 1 rings (SSSR count). The Labute approximate surface area is 80.3 Å². The van der Waals surface area contributed by atoms with Crippen LogP contribution in [-0.2, 0) is 9.53 Å². The van der Waals surface area contributed by atoms with Crippen LogP contribution in [0, 0.1) is 0 Å². The van der Waals surface area contributed by atoms with Crippen LogP contribution in [0.5, 0.6) is 0 Å². The molecule has 0 amide bonds. The topological polar surface area (TPSA) is 38.3 Å². The maximum Gasteiger partial charge on any atom is 0.347 e. The Kier molecular flexibility index (Phi) is 3.59. The summed E-state index contributed by atoms with van der Waals surface area (Å²) >= 11 is 3.21. The molecule has 0 aromatic heterocycles. The first-order valence-corrected chi connectivity index (χ1v) is 4.84. The van der Waals surface area contributed by atoms with Gasteiger partial charge in [0.25, 0.3) is 0 Å². The van der Waals surface area contributed by atoms with Crippen molar-refractivity contribution in [3.63, 3.8) is 0 Å². The first-order chi connectivity index (χ1) is 5.75. The largest absolute Gasteiger partial charge is 0.462 e. The summed E-state index contributed by atoms with van der Waals surface area (Å²) in [5, 5.41) is 3.13. The molecular weight excluding hydrogens is 222 g/mol. The van der Waals surface area contributed by atoms with Crippen molar-refractivity contribution < 1.29 is 9.53 Å². The lowest BCUT2D eigenvalue weighted by atomic mass is 10.3. The van der Waals surface area contributed by atoms with Crippen molar-refractivity contribution in [2.45, 2.75) is 19.8 Å². The van der Waals surface area contributed by atoms with Gasteiger partial charge in [0.2, 0.25) is 0 Å². The number of allylic oxidation sites excluding steroid dienone is 1. The summed E-state index contributed by atoms with van der Waals surface area (Å²) in [4.78, 5) is 11.2. The summed E-state index contributed by atoms with van der Waals surface area (Å²) in [5.41, 5.74) is 0.966. The third kappa shape index (κ3) is 2.24. The Morgan fingerprint density at radius 3 is 3.00 bits per heavy atom. The molecule has 4 heteroatoms. The fraction of sp³-hybridized carbons (Fsp3) is 0.625. The fourth-order valence-corrected chi connectivity index (χ4v) is 1.55. The lowest BCUT2D eigenvalue weighted by Crippen LogP contribution is -2.11. The van der Waals surface area contributed by atoms with Gasteiger partial charge in [-0.3, -0.25) is 0 Å². The van der Waals surface area contributed by atoms with Gasteiger partial charge in [0.1, 0.15) is 4.48 Å². The molecule has 68 valence electrons. The number of rotatable bonds is 2. The minimum Gasteiger partial charge on any atom is -0.462 e. The van der Waals surface area contributed by atoms with E-state index < -0.39 is 0 Å². The van der Waals surface area contributed by atoms with Gasteiger partial charge in [-0.1, -0.05) is 0 Å². The molecule has 0 radical (unpaired) electrons. The number of carbonyl (C=O) groups excluding carboxylic acids is 1. The van der Waals surface area contributed by atoms with Crippen molar-refractivity contribution in [1.29, 1.82) is 0 Å². The zero-order valence-electron chi connectivity index (χ0n) is 7.02. The summed E-state index contributed by atoms with van der Waals surface area (Å²) in [5.74, 6) is -0.276. The first kappa shape index (κ1) is 9.58. The molecule has 0 spiro atoms. The fourth-order valence-electron chi connectivity index (χ4n) is 1.10. The maximum atomic E-state index is 11.2. The number of halogens is 1. The smallest absolute Gasteiger partial charge is 0.347 e. The van der Waals surface area contributed by atoms with Gasteiger partial charge in [-0.05, 0) is 35.7 Å². The van der Waals surface area contributed by atoms with Crippen LogP contribution in [0.4, 0.5) is 0 Å². The number of carbonyl (C=O) groups is 1. The molecule has 1 saturated heterocycles. The molecule has 1 fully saturated rings. The van der Waals surface area contributed by atoms with E-state index in [1.54, 1.807) is 6.92 Å². The monoisotopic (exact) mass is 233 g/mol. The van der Waals surface area contributed by atoms with E-state index in [9.17, 15) is 4.79 Å². The molecule has 3 nitrogen and oxygen atoms in total. The third-order valence-corrected chi connectivity index (χ3v) is 2.46. The second-order valence-electron chi connectivity index (χ2n) is 2.54. The Morgan fingerprint density at radius 2 is 2.50 bits per heavy atom. The molecule has 0 aliphatic carbocycles. The van der Waals surface area contributed by atoms with Crippen molar-refractivity contribution in [2.24, 2.45) is 0 Å². The molecule has 12 heavy (non-hydrogen) atoms. The Hall–Kier alpha value is -0.510.